The van der Waals surface area contributed by atoms with Gasteiger partial charge >= 0.3 is 0 Å². The molecule has 0 aliphatic carbocycles. The van der Waals surface area contributed by atoms with Crippen LogP contribution in [0.5, 0.6) is 0 Å². The summed E-state index contributed by atoms with van der Waals surface area (Å²) in [4.78, 5) is 3.90. The number of hydrogen-bond acceptors (Lipinski definition) is 3. The minimum absolute atomic E-state index is 0.155. The summed E-state index contributed by atoms with van der Waals surface area (Å²) in [6.07, 6.45) is 0.155. The summed E-state index contributed by atoms with van der Waals surface area (Å²) >= 11 is 1.93. The summed E-state index contributed by atoms with van der Waals surface area (Å²) in [6, 6.07) is 30.7. The molecule has 150 valence electrons. The van der Waals surface area contributed by atoms with Crippen molar-refractivity contribution in [3.05, 3.63) is 102 Å². The third kappa shape index (κ3) is 4.92. The van der Waals surface area contributed by atoms with E-state index in [4.69, 9.17) is 4.74 Å². The second kappa shape index (κ2) is 9.62. The van der Waals surface area contributed by atoms with Crippen LogP contribution in [0.25, 0.3) is 0 Å². The molecule has 0 spiro atoms. The Morgan fingerprint density at radius 3 is 2.17 bits per heavy atom. The predicted octanol–water partition coefficient (Wildman–Crippen LogP) is 6.29. The Bertz CT molecular complexity index is 899. The van der Waals surface area contributed by atoms with Crippen molar-refractivity contribution in [2.45, 2.75) is 36.1 Å². The van der Waals surface area contributed by atoms with Crippen molar-refractivity contribution in [1.82, 2.24) is 4.90 Å². The molecule has 1 aliphatic rings. The summed E-state index contributed by atoms with van der Waals surface area (Å²) in [5, 5.41) is 0.267. The van der Waals surface area contributed by atoms with Gasteiger partial charge in [0, 0.05) is 24.0 Å². The second-order valence-corrected chi connectivity index (χ2v) is 8.89. The zero-order chi connectivity index (χ0) is 20.1. The zero-order valence-electron chi connectivity index (χ0n) is 17.2. The highest BCUT2D eigenvalue weighted by Gasteiger charge is 2.32. The largest absolute Gasteiger partial charge is 0.374 e. The van der Waals surface area contributed by atoms with E-state index in [-0.39, 0.29) is 11.4 Å². The maximum absolute atomic E-state index is 6.36. The van der Waals surface area contributed by atoms with Crippen LogP contribution >= 0.6 is 11.8 Å². The van der Waals surface area contributed by atoms with Crippen molar-refractivity contribution >= 4 is 11.8 Å². The molecule has 3 atom stereocenters. The van der Waals surface area contributed by atoms with E-state index in [9.17, 15) is 0 Å². The highest BCUT2D eigenvalue weighted by molar-refractivity contribution is 7.99. The smallest absolute Gasteiger partial charge is 0.0865 e. The topological polar surface area (TPSA) is 12.5 Å². The van der Waals surface area contributed by atoms with Crippen molar-refractivity contribution < 1.29 is 4.74 Å². The number of morpholine rings is 1. The maximum atomic E-state index is 6.36. The van der Waals surface area contributed by atoms with Crippen molar-refractivity contribution in [2.75, 3.05) is 19.7 Å². The minimum atomic E-state index is 0.155. The molecule has 0 N–H and O–H groups in total. The van der Waals surface area contributed by atoms with E-state index in [0.29, 0.717) is 6.04 Å². The molecule has 1 fully saturated rings. The SMILES string of the molecule is Cc1ccccc1S[C@H](c1ccccc1)[C@H]1CN([C@H](C)c2ccccc2)CCO1. The van der Waals surface area contributed by atoms with E-state index in [2.05, 4.69) is 104 Å². The van der Waals surface area contributed by atoms with Crippen LogP contribution in [0.15, 0.2) is 89.8 Å². The van der Waals surface area contributed by atoms with Gasteiger partial charge in [0.05, 0.1) is 18.0 Å². The molecule has 0 bridgehead atoms. The highest BCUT2D eigenvalue weighted by atomic mass is 32.2. The van der Waals surface area contributed by atoms with Crippen molar-refractivity contribution in [1.29, 1.82) is 0 Å². The number of thioether (sulfide) groups is 1. The lowest BCUT2D eigenvalue weighted by Crippen LogP contribution is -2.45. The molecule has 3 aromatic carbocycles. The number of ether oxygens (including phenoxy) is 1. The molecule has 1 aliphatic heterocycles. The van der Waals surface area contributed by atoms with Crippen LogP contribution in [-0.2, 0) is 4.74 Å². The fourth-order valence-corrected chi connectivity index (χ4v) is 5.29. The Labute approximate surface area is 178 Å². The number of aryl methyl sites for hydroxylation is 1. The van der Waals surface area contributed by atoms with Gasteiger partial charge in [-0.15, -0.1) is 11.8 Å². The number of rotatable bonds is 6. The molecule has 4 rings (SSSR count). The highest BCUT2D eigenvalue weighted by Crippen LogP contribution is 2.41. The minimum Gasteiger partial charge on any atom is -0.374 e. The van der Waals surface area contributed by atoms with Gasteiger partial charge in [-0.1, -0.05) is 78.9 Å². The first-order valence-electron chi connectivity index (χ1n) is 10.4. The van der Waals surface area contributed by atoms with Gasteiger partial charge in [-0.25, -0.2) is 0 Å². The van der Waals surface area contributed by atoms with Gasteiger partial charge in [-0.2, -0.15) is 0 Å². The monoisotopic (exact) mass is 403 g/mol. The molecule has 3 aromatic rings. The lowest BCUT2D eigenvalue weighted by molar-refractivity contribution is -0.0420. The van der Waals surface area contributed by atoms with Gasteiger partial charge in [0.25, 0.3) is 0 Å². The first-order valence-corrected chi connectivity index (χ1v) is 11.3. The van der Waals surface area contributed by atoms with Crippen LogP contribution in [0.3, 0.4) is 0 Å². The normalized spacial score (nSPS) is 19.6. The molecule has 0 saturated carbocycles. The Kier molecular flexibility index (Phi) is 6.70. The Balaban J connectivity index is 1.58. The number of nitrogens with zero attached hydrogens (tertiary/aromatic N) is 1. The van der Waals surface area contributed by atoms with Crippen molar-refractivity contribution in [3.63, 3.8) is 0 Å². The summed E-state index contributed by atoms with van der Waals surface area (Å²) in [5.41, 5.74) is 4.03. The van der Waals surface area contributed by atoms with E-state index < -0.39 is 0 Å². The fourth-order valence-electron chi connectivity index (χ4n) is 4.00. The molecule has 1 heterocycles. The fraction of sp³-hybridized carbons (Fsp3) is 0.308. The Hall–Kier alpha value is -2.07. The first-order chi connectivity index (χ1) is 14.2. The quantitative estimate of drug-likeness (QED) is 0.449. The van der Waals surface area contributed by atoms with E-state index in [1.165, 1.54) is 21.6 Å². The van der Waals surface area contributed by atoms with Gasteiger partial charge in [-0.05, 0) is 36.6 Å². The molecule has 2 nitrogen and oxygen atoms in total. The van der Waals surface area contributed by atoms with Crippen molar-refractivity contribution in [2.24, 2.45) is 0 Å². The molecule has 0 unspecified atom stereocenters. The van der Waals surface area contributed by atoms with Gasteiger partial charge in [0.1, 0.15) is 0 Å². The molecule has 1 saturated heterocycles. The molecule has 3 heteroatoms. The molecule has 29 heavy (non-hydrogen) atoms. The second-order valence-electron chi connectivity index (χ2n) is 7.71. The summed E-state index contributed by atoms with van der Waals surface area (Å²) < 4.78 is 6.36. The van der Waals surface area contributed by atoms with Gasteiger partial charge in [0.2, 0.25) is 0 Å². The summed E-state index contributed by atoms with van der Waals surface area (Å²) in [7, 11) is 0. The molecular weight excluding hydrogens is 374 g/mol. The molecular formula is C26H29NOS. The molecule has 0 radical (unpaired) electrons. The summed E-state index contributed by atoms with van der Waals surface area (Å²) in [5.74, 6) is 0. The summed E-state index contributed by atoms with van der Waals surface area (Å²) in [6.45, 7) is 7.19. The van der Waals surface area contributed by atoms with Gasteiger partial charge in [0.15, 0.2) is 0 Å². The van der Waals surface area contributed by atoms with Crippen LogP contribution in [0.1, 0.15) is 34.9 Å². The zero-order valence-corrected chi connectivity index (χ0v) is 18.0. The molecule has 0 amide bonds. The van der Waals surface area contributed by atoms with Gasteiger partial charge in [-0.3, -0.25) is 4.90 Å². The average molecular weight is 404 g/mol. The number of hydrogen-bond donors (Lipinski definition) is 0. The van der Waals surface area contributed by atoms with Crippen LogP contribution < -0.4 is 0 Å². The third-order valence-electron chi connectivity index (χ3n) is 5.77. The first kappa shape index (κ1) is 20.2. The Morgan fingerprint density at radius 2 is 1.48 bits per heavy atom. The van der Waals surface area contributed by atoms with E-state index in [1.807, 2.05) is 11.8 Å². The Morgan fingerprint density at radius 1 is 0.862 bits per heavy atom. The molecule has 0 aromatic heterocycles. The number of benzene rings is 3. The van der Waals surface area contributed by atoms with Crippen LogP contribution in [0.2, 0.25) is 0 Å². The lowest BCUT2D eigenvalue weighted by atomic mass is 10.0. The average Bonchev–Trinajstić information content (AvgIpc) is 2.79. The van der Waals surface area contributed by atoms with Crippen molar-refractivity contribution in [3.8, 4) is 0 Å². The van der Waals surface area contributed by atoms with E-state index >= 15 is 0 Å². The predicted molar refractivity (Wildman–Crippen MR) is 122 cm³/mol. The third-order valence-corrected chi connectivity index (χ3v) is 7.31. The van der Waals surface area contributed by atoms with E-state index in [1.54, 1.807) is 0 Å². The van der Waals surface area contributed by atoms with Gasteiger partial charge < -0.3 is 4.74 Å². The standard InChI is InChI=1S/C26H29NOS/c1-20-11-9-10-16-25(20)29-26(23-14-7-4-8-15-23)24-19-27(17-18-28-24)21(2)22-12-5-3-6-13-22/h3-16,21,24,26H,17-19H2,1-2H3/t21-,24-,26-/m1/s1. The lowest BCUT2D eigenvalue weighted by Gasteiger charge is -2.40. The van der Waals surface area contributed by atoms with Crippen LogP contribution in [0.4, 0.5) is 0 Å². The van der Waals surface area contributed by atoms with Crippen LogP contribution in [-0.4, -0.2) is 30.7 Å². The maximum Gasteiger partial charge on any atom is 0.0865 e. The van der Waals surface area contributed by atoms with E-state index in [0.717, 1.165) is 19.7 Å². The van der Waals surface area contributed by atoms with Crippen LogP contribution in [0, 0.1) is 6.92 Å².